The van der Waals surface area contributed by atoms with Crippen LogP contribution in [-0.4, -0.2) is 39.4 Å². The highest BCUT2D eigenvalue weighted by Crippen LogP contribution is 2.25. The third kappa shape index (κ3) is 3.22. The van der Waals surface area contributed by atoms with Gasteiger partial charge in [-0.05, 0) is 57.8 Å². The molecule has 0 amide bonds. The molecule has 1 aromatic carbocycles. The van der Waals surface area contributed by atoms with Gasteiger partial charge < -0.3 is 5.32 Å². The van der Waals surface area contributed by atoms with Crippen molar-refractivity contribution in [3.8, 4) is 0 Å². The molecule has 1 heterocycles. The standard InChI is InChI=1S/C15H24N2O2S/c1-12-4-5-15(13(2)10-12)20(18,19)17-8-6-14(7-9-17)11-16-3/h4-5,10,14,16H,6-9,11H2,1-3H3. The largest absolute Gasteiger partial charge is 0.319 e. The zero-order valence-corrected chi connectivity index (χ0v) is 13.3. The van der Waals surface area contributed by atoms with Gasteiger partial charge in [-0.3, -0.25) is 0 Å². The minimum Gasteiger partial charge on any atom is -0.319 e. The van der Waals surface area contributed by atoms with Gasteiger partial charge in [-0.15, -0.1) is 0 Å². The molecule has 0 spiro atoms. The molecule has 1 aliphatic rings. The van der Waals surface area contributed by atoms with E-state index in [4.69, 9.17) is 0 Å². The Bertz CT molecular complexity index is 561. The Morgan fingerprint density at radius 1 is 1.25 bits per heavy atom. The van der Waals surface area contributed by atoms with Crippen molar-refractivity contribution in [3.05, 3.63) is 29.3 Å². The average Bonchev–Trinajstić information content (AvgIpc) is 2.39. The van der Waals surface area contributed by atoms with Crippen molar-refractivity contribution in [1.29, 1.82) is 0 Å². The normalized spacial score (nSPS) is 18.4. The summed E-state index contributed by atoms with van der Waals surface area (Å²) in [5.41, 5.74) is 1.93. The van der Waals surface area contributed by atoms with Gasteiger partial charge in [-0.2, -0.15) is 4.31 Å². The van der Waals surface area contributed by atoms with Gasteiger partial charge in [0.05, 0.1) is 4.90 Å². The lowest BCUT2D eigenvalue weighted by molar-refractivity contribution is 0.270. The number of sulfonamides is 1. The maximum atomic E-state index is 12.7. The van der Waals surface area contributed by atoms with Crippen LogP contribution in [0.25, 0.3) is 0 Å². The molecular formula is C15H24N2O2S. The maximum Gasteiger partial charge on any atom is 0.243 e. The second-order valence-corrected chi connectivity index (χ2v) is 7.58. The molecular weight excluding hydrogens is 272 g/mol. The predicted octanol–water partition coefficient (Wildman–Crippen LogP) is 1.92. The molecule has 1 aliphatic heterocycles. The van der Waals surface area contributed by atoms with E-state index in [9.17, 15) is 8.42 Å². The maximum absolute atomic E-state index is 12.7. The molecule has 0 atom stereocenters. The van der Waals surface area contributed by atoms with Crippen LogP contribution in [0.4, 0.5) is 0 Å². The fourth-order valence-corrected chi connectivity index (χ4v) is 4.55. The van der Waals surface area contributed by atoms with Crippen LogP contribution in [0, 0.1) is 19.8 Å². The summed E-state index contributed by atoms with van der Waals surface area (Å²) < 4.78 is 27.0. The Balaban J connectivity index is 2.15. The topological polar surface area (TPSA) is 49.4 Å². The highest BCUT2D eigenvalue weighted by molar-refractivity contribution is 7.89. The first-order valence-corrected chi connectivity index (χ1v) is 8.61. The quantitative estimate of drug-likeness (QED) is 0.923. The van der Waals surface area contributed by atoms with Crippen LogP contribution in [0.2, 0.25) is 0 Å². The molecule has 0 radical (unpaired) electrons. The smallest absolute Gasteiger partial charge is 0.243 e. The second-order valence-electron chi connectivity index (χ2n) is 5.67. The molecule has 2 rings (SSSR count). The first-order valence-electron chi connectivity index (χ1n) is 7.17. The Morgan fingerprint density at radius 2 is 1.90 bits per heavy atom. The highest BCUT2D eigenvalue weighted by Gasteiger charge is 2.29. The van der Waals surface area contributed by atoms with Crippen LogP contribution in [0.5, 0.6) is 0 Å². The summed E-state index contributed by atoms with van der Waals surface area (Å²) in [6.45, 7) is 6.07. The highest BCUT2D eigenvalue weighted by atomic mass is 32.2. The molecule has 0 bridgehead atoms. The lowest BCUT2D eigenvalue weighted by atomic mass is 9.98. The zero-order valence-electron chi connectivity index (χ0n) is 12.5. The van der Waals surface area contributed by atoms with Crippen LogP contribution < -0.4 is 5.32 Å². The summed E-state index contributed by atoms with van der Waals surface area (Å²) >= 11 is 0. The molecule has 5 heteroatoms. The number of aryl methyl sites for hydroxylation is 2. The molecule has 0 saturated carbocycles. The van der Waals surface area contributed by atoms with Crippen molar-refractivity contribution >= 4 is 10.0 Å². The number of piperidine rings is 1. The van der Waals surface area contributed by atoms with Crippen molar-refractivity contribution in [2.75, 3.05) is 26.7 Å². The van der Waals surface area contributed by atoms with Gasteiger partial charge in [0, 0.05) is 13.1 Å². The Labute approximate surface area is 122 Å². The minimum absolute atomic E-state index is 0.454. The van der Waals surface area contributed by atoms with Crippen LogP contribution in [-0.2, 0) is 10.0 Å². The van der Waals surface area contributed by atoms with E-state index in [1.54, 1.807) is 10.4 Å². The van der Waals surface area contributed by atoms with Crippen LogP contribution in [0.3, 0.4) is 0 Å². The van der Waals surface area contributed by atoms with E-state index in [0.29, 0.717) is 23.9 Å². The summed E-state index contributed by atoms with van der Waals surface area (Å²) in [6.07, 6.45) is 1.87. The zero-order chi connectivity index (χ0) is 14.8. The van der Waals surface area contributed by atoms with Crippen molar-refractivity contribution in [2.45, 2.75) is 31.6 Å². The molecule has 1 saturated heterocycles. The van der Waals surface area contributed by atoms with E-state index >= 15 is 0 Å². The fourth-order valence-electron chi connectivity index (χ4n) is 2.87. The lowest BCUT2D eigenvalue weighted by Crippen LogP contribution is -2.40. The Morgan fingerprint density at radius 3 is 2.45 bits per heavy atom. The van der Waals surface area contributed by atoms with Crippen molar-refractivity contribution in [1.82, 2.24) is 9.62 Å². The van der Waals surface area contributed by atoms with Gasteiger partial charge in [-0.25, -0.2) is 8.42 Å². The number of nitrogens with one attached hydrogen (secondary N) is 1. The van der Waals surface area contributed by atoms with Crippen LogP contribution in [0.15, 0.2) is 23.1 Å². The monoisotopic (exact) mass is 296 g/mol. The van der Waals surface area contributed by atoms with E-state index in [2.05, 4.69) is 5.32 Å². The van der Waals surface area contributed by atoms with Crippen molar-refractivity contribution < 1.29 is 8.42 Å². The minimum atomic E-state index is -3.33. The molecule has 0 unspecified atom stereocenters. The second kappa shape index (κ2) is 6.24. The van der Waals surface area contributed by atoms with Gasteiger partial charge in [0.2, 0.25) is 10.0 Å². The van der Waals surface area contributed by atoms with Gasteiger partial charge in [0.1, 0.15) is 0 Å². The third-order valence-corrected chi connectivity index (χ3v) is 6.07. The van der Waals surface area contributed by atoms with Crippen LogP contribution >= 0.6 is 0 Å². The predicted molar refractivity (Wildman–Crippen MR) is 81.3 cm³/mol. The summed E-state index contributed by atoms with van der Waals surface area (Å²) in [6, 6.07) is 5.54. The SMILES string of the molecule is CNCC1CCN(S(=O)(=O)c2ccc(C)cc2C)CC1. The van der Waals surface area contributed by atoms with Gasteiger partial charge in [-0.1, -0.05) is 17.7 Å². The van der Waals surface area contributed by atoms with Gasteiger partial charge in [0.25, 0.3) is 0 Å². The Kier molecular flexibility index (Phi) is 4.83. The third-order valence-electron chi connectivity index (χ3n) is 4.01. The number of nitrogens with zero attached hydrogens (tertiary/aromatic N) is 1. The van der Waals surface area contributed by atoms with E-state index in [0.717, 1.165) is 30.5 Å². The summed E-state index contributed by atoms with van der Waals surface area (Å²) in [7, 11) is -1.39. The average molecular weight is 296 g/mol. The van der Waals surface area contributed by atoms with E-state index in [1.807, 2.05) is 33.0 Å². The molecule has 0 aromatic heterocycles. The van der Waals surface area contributed by atoms with Crippen molar-refractivity contribution in [3.63, 3.8) is 0 Å². The fraction of sp³-hybridized carbons (Fsp3) is 0.600. The van der Waals surface area contributed by atoms with E-state index < -0.39 is 10.0 Å². The van der Waals surface area contributed by atoms with Gasteiger partial charge >= 0.3 is 0 Å². The molecule has 0 aliphatic carbocycles. The molecule has 4 nitrogen and oxygen atoms in total. The summed E-state index contributed by atoms with van der Waals surface area (Å²) in [5.74, 6) is 0.588. The van der Waals surface area contributed by atoms with E-state index in [-0.39, 0.29) is 0 Å². The number of benzene rings is 1. The number of rotatable bonds is 4. The molecule has 112 valence electrons. The summed E-state index contributed by atoms with van der Waals surface area (Å²) in [4.78, 5) is 0.454. The molecule has 1 fully saturated rings. The van der Waals surface area contributed by atoms with Crippen molar-refractivity contribution in [2.24, 2.45) is 5.92 Å². The first kappa shape index (κ1) is 15.5. The molecule has 20 heavy (non-hydrogen) atoms. The van der Waals surface area contributed by atoms with E-state index in [1.165, 1.54) is 0 Å². The van der Waals surface area contributed by atoms with Gasteiger partial charge in [0.15, 0.2) is 0 Å². The Hall–Kier alpha value is -0.910. The molecule has 1 aromatic rings. The number of hydrogen-bond acceptors (Lipinski definition) is 3. The lowest BCUT2D eigenvalue weighted by Gasteiger charge is -2.31. The first-order chi connectivity index (χ1) is 9.45. The number of hydrogen-bond donors (Lipinski definition) is 1. The molecule has 1 N–H and O–H groups in total. The summed E-state index contributed by atoms with van der Waals surface area (Å²) in [5, 5.41) is 3.17. The van der Waals surface area contributed by atoms with Crippen LogP contribution in [0.1, 0.15) is 24.0 Å².